The fraction of sp³-hybridized carbons (Fsp3) is 0.111. The Labute approximate surface area is 139 Å². The molecule has 0 aliphatic carbocycles. The summed E-state index contributed by atoms with van der Waals surface area (Å²) < 4.78 is 0. The first-order valence-electron chi connectivity index (χ1n) is 7.24. The van der Waals surface area contributed by atoms with Crippen molar-refractivity contribution in [2.24, 2.45) is 0 Å². The summed E-state index contributed by atoms with van der Waals surface area (Å²) in [6.45, 7) is 0.832. The van der Waals surface area contributed by atoms with Crippen LogP contribution in [0.1, 0.15) is 11.1 Å². The fourth-order valence-electron chi connectivity index (χ4n) is 2.41. The molecule has 0 spiro atoms. The van der Waals surface area contributed by atoms with Crippen LogP contribution in [0.3, 0.4) is 0 Å². The number of imide groups is 1. The summed E-state index contributed by atoms with van der Waals surface area (Å²) in [4.78, 5) is 23.1. The molecule has 4 nitrogen and oxygen atoms in total. The highest BCUT2D eigenvalue weighted by molar-refractivity contribution is 8.18. The predicted octanol–water partition coefficient (Wildman–Crippen LogP) is 3.40. The third-order valence-electron chi connectivity index (χ3n) is 3.49. The largest absolute Gasteiger partial charge is 0.316 e. The first-order chi connectivity index (χ1) is 11.2. The zero-order chi connectivity index (χ0) is 16.2. The van der Waals surface area contributed by atoms with Crippen molar-refractivity contribution >= 4 is 29.0 Å². The molecule has 1 fully saturated rings. The van der Waals surface area contributed by atoms with Crippen molar-refractivity contribution in [1.29, 1.82) is 0 Å². The van der Waals surface area contributed by atoms with E-state index in [9.17, 15) is 9.59 Å². The molecule has 0 atom stereocenters. The number of nitrogens with one attached hydrogen (secondary N) is 2. The van der Waals surface area contributed by atoms with Crippen LogP contribution in [-0.4, -0.2) is 18.2 Å². The predicted molar refractivity (Wildman–Crippen MR) is 93.7 cm³/mol. The van der Waals surface area contributed by atoms with Gasteiger partial charge in [-0.15, -0.1) is 0 Å². The minimum Gasteiger partial charge on any atom is -0.316 e. The topological polar surface area (TPSA) is 58.2 Å². The second kappa shape index (κ2) is 6.81. The number of rotatable bonds is 4. The van der Waals surface area contributed by atoms with E-state index >= 15 is 0 Å². The summed E-state index contributed by atoms with van der Waals surface area (Å²) in [6.07, 6.45) is 1.73. The van der Waals surface area contributed by atoms with Crippen LogP contribution in [0.4, 0.5) is 4.79 Å². The SMILES string of the molecule is CNCc1cccc(-c2ccc(/C=C3\SC(=O)NC3=O)cc2)c1. The highest BCUT2D eigenvalue weighted by Crippen LogP contribution is 2.27. The number of carbonyl (C=O) groups excluding carboxylic acids is 2. The van der Waals surface area contributed by atoms with Gasteiger partial charge >= 0.3 is 0 Å². The van der Waals surface area contributed by atoms with E-state index in [2.05, 4.69) is 28.8 Å². The fourth-order valence-corrected chi connectivity index (χ4v) is 3.09. The van der Waals surface area contributed by atoms with Crippen LogP contribution >= 0.6 is 11.8 Å². The Morgan fingerprint density at radius 2 is 1.87 bits per heavy atom. The average molecular weight is 324 g/mol. The summed E-state index contributed by atoms with van der Waals surface area (Å²) in [7, 11) is 1.93. The molecular weight excluding hydrogens is 308 g/mol. The molecule has 3 rings (SSSR count). The van der Waals surface area contributed by atoms with Crippen LogP contribution in [0.5, 0.6) is 0 Å². The van der Waals surface area contributed by atoms with E-state index < -0.39 is 0 Å². The Balaban J connectivity index is 1.82. The van der Waals surface area contributed by atoms with Crippen molar-refractivity contribution in [3.05, 3.63) is 64.6 Å². The summed E-state index contributed by atoms with van der Waals surface area (Å²) in [5.74, 6) is -0.330. The molecule has 1 heterocycles. The molecule has 0 unspecified atom stereocenters. The maximum atomic E-state index is 11.5. The molecule has 0 saturated carbocycles. The summed E-state index contributed by atoms with van der Waals surface area (Å²) in [5.41, 5.74) is 4.39. The third kappa shape index (κ3) is 3.70. The molecule has 1 saturated heterocycles. The quantitative estimate of drug-likeness (QED) is 0.846. The molecule has 1 aliphatic heterocycles. The smallest absolute Gasteiger partial charge is 0.290 e. The van der Waals surface area contributed by atoms with Crippen LogP contribution in [0.15, 0.2) is 53.4 Å². The molecule has 5 heteroatoms. The Kier molecular flexibility index (Phi) is 4.60. The molecule has 2 amide bonds. The lowest BCUT2D eigenvalue weighted by Crippen LogP contribution is -2.17. The van der Waals surface area contributed by atoms with Crippen molar-refractivity contribution < 1.29 is 9.59 Å². The Bertz CT molecular complexity index is 782. The van der Waals surface area contributed by atoms with Gasteiger partial charge in [0.1, 0.15) is 0 Å². The van der Waals surface area contributed by atoms with E-state index in [0.29, 0.717) is 4.91 Å². The Morgan fingerprint density at radius 3 is 2.52 bits per heavy atom. The minimum absolute atomic E-state index is 0.320. The third-order valence-corrected chi connectivity index (χ3v) is 4.30. The van der Waals surface area contributed by atoms with Crippen LogP contribution < -0.4 is 10.6 Å². The van der Waals surface area contributed by atoms with Gasteiger partial charge in [0, 0.05) is 6.54 Å². The Morgan fingerprint density at radius 1 is 1.09 bits per heavy atom. The van der Waals surface area contributed by atoms with Gasteiger partial charge in [0.2, 0.25) is 0 Å². The van der Waals surface area contributed by atoms with Crippen molar-refractivity contribution in [2.75, 3.05) is 7.05 Å². The lowest BCUT2D eigenvalue weighted by molar-refractivity contribution is -0.115. The van der Waals surface area contributed by atoms with E-state index in [1.807, 2.05) is 37.4 Å². The molecule has 0 bridgehead atoms. The van der Waals surface area contributed by atoms with Gasteiger partial charge < -0.3 is 5.32 Å². The van der Waals surface area contributed by atoms with Crippen molar-refractivity contribution in [2.45, 2.75) is 6.54 Å². The van der Waals surface area contributed by atoms with Crippen molar-refractivity contribution in [1.82, 2.24) is 10.6 Å². The molecule has 2 aromatic carbocycles. The first kappa shape index (κ1) is 15.5. The van der Waals surface area contributed by atoms with Gasteiger partial charge in [0.25, 0.3) is 11.1 Å². The second-order valence-corrected chi connectivity index (χ2v) is 6.22. The number of thioether (sulfide) groups is 1. The van der Waals surface area contributed by atoms with Crippen molar-refractivity contribution in [3.8, 4) is 11.1 Å². The summed E-state index contributed by atoms with van der Waals surface area (Å²) in [6, 6.07) is 16.3. The van der Waals surface area contributed by atoms with Gasteiger partial charge in [-0.05, 0) is 53.2 Å². The molecule has 0 radical (unpaired) electrons. The molecule has 116 valence electrons. The minimum atomic E-state index is -0.330. The standard InChI is InChI=1S/C18H16N2O2S/c1-19-11-13-3-2-4-15(9-13)14-7-5-12(6-8-14)10-16-17(21)20-18(22)23-16/h2-10,19H,11H2,1H3,(H,20,21,22)/b16-10-. The molecule has 0 aromatic heterocycles. The molecular formula is C18H16N2O2S. The monoisotopic (exact) mass is 324 g/mol. The zero-order valence-electron chi connectivity index (χ0n) is 12.6. The van der Waals surface area contributed by atoms with Crippen LogP contribution in [0, 0.1) is 0 Å². The highest BCUT2D eigenvalue weighted by atomic mass is 32.2. The van der Waals surface area contributed by atoms with E-state index in [1.54, 1.807) is 6.08 Å². The number of hydrogen-bond acceptors (Lipinski definition) is 4. The average Bonchev–Trinajstić information content (AvgIpc) is 2.86. The van der Waals surface area contributed by atoms with E-state index in [-0.39, 0.29) is 11.1 Å². The number of hydrogen-bond donors (Lipinski definition) is 2. The first-order valence-corrected chi connectivity index (χ1v) is 8.06. The van der Waals surface area contributed by atoms with Gasteiger partial charge in [-0.2, -0.15) is 0 Å². The van der Waals surface area contributed by atoms with Gasteiger partial charge in [-0.3, -0.25) is 14.9 Å². The van der Waals surface area contributed by atoms with Crippen LogP contribution in [-0.2, 0) is 11.3 Å². The van der Waals surface area contributed by atoms with Crippen LogP contribution in [0.2, 0.25) is 0 Å². The highest BCUT2D eigenvalue weighted by Gasteiger charge is 2.24. The summed E-state index contributed by atoms with van der Waals surface area (Å²) >= 11 is 0.931. The maximum Gasteiger partial charge on any atom is 0.290 e. The van der Waals surface area contributed by atoms with Gasteiger partial charge in [-0.25, -0.2) is 0 Å². The Hall–Kier alpha value is -2.37. The van der Waals surface area contributed by atoms with Crippen molar-refractivity contribution in [3.63, 3.8) is 0 Å². The van der Waals surface area contributed by atoms with Gasteiger partial charge in [0.05, 0.1) is 4.91 Å². The molecule has 1 aliphatic rings. The molecule has 2 N–H and O–H groups in total. The van der Waals surface area contributed by atoms with Crippen LogP contribution in [0.25, 0.3) is 17.2 Å². The number of benzene rings is 2. The number of amides is 2. The van der Waals surface area contributed by atoms with E-state index in [1.165, 1.54) is 5.56 Å². The molecule has 23 heavy (non-hydrogen) atoms. The second-order valence-electron chi connectivity index (χ2n) is 5.20. The van der Waals surface area contributed by atoms with Gasteiger partial charge in [-0.1, -0.05) is 42.5 Å². The summed E-state index contributed by atoms with van der Waals surface area (Å²) in [5, 5.41) is 5.08. The van der Waals surface area contributed by atoms with E-state index in [0.717, 1.165) is 35.0 Å². The lowest BCUT2D eigenvalue weighted by atomic mass is 10.0. The van der Waals surface area contributed by atoms with E-state index in [4.69, 9.17) is 0 Å². The normalized spacial score (nSPS) is 16.0. The lowest BCUT2D eigenvalue weighted by Gasteiger charge is -2.06. The number of carbonyl (C=O) groups is 2. The molecule has 2 aromatic rings. The van der Waals surface area contributed by atoms with Gasteiger partial charge in [0.15, 0.2) is 0 Å². The maximum absolute atomic E-state index is 11.5. The zero-order valence-corrected chi connectivity index (χ0v) is 13.4.